The van der Waals surface area contributed by atoms with Crippen LogP contribution >= 0.6 is 0 Å². The second-order valence-electron chi connectivity index (χ2n) is 2.80. The van der Waals surface area contributed by atoms with Crippen molar-refractivity contribution in [2.24, 2.45) is 4.99 Å². The van der Waals surface area contributed by atoms with Gasteiger partial charge in [-0.1, -0.05) is 20.4 Å². The summed E-state index contributed by atoms with van der Waals surface area (Å²) in [6, 6.07) is 0. The van der Waals surface area contributed by atoms with Crippen LogP contribution in [-0.4, -0.2) is 18.4 Å². The molecule has 0 aromatic rings. The summed E-state index contributed by atoms with van der Waals surface area (Å²) in [6.07, 6.45) is 1.59. The van der Waals surface area contributed by atoms with E-state index in [1.54, 1.807) is 6.92 Å². The fourth-order valence-electron chi connectivity index (χ4n) is 0.647. The first-order valence-corrected chi connectivity index (χ1v) is 4.52. The molecule has 0 amide bonds. The van der Waals surface area contributed by atoms with Gasteiger partial charge in [-0.3, -0.25) is 4.99 Å². The SMILES string of the molecule is C=C(C)C(=O)OC(CC)=NCCC. The van der Waals surface area contributed by atoms with E-state index in [0.717, 1.165) is 6.42 Å². The average molecular weight is 183 g/mol. The predicted octanol–water partition coefficient (Wildman–Crippen LogP) is 2.32. The van der Waals surface area contributed by atoms with Gasteiger partial charge in [-0.05, 0) is 13.3 Å². The lowest BCUT2D eigenvalue weighted by Gasteiger charge is -2.04. The van der Waals surface area contributed by atoms with E-state index < -0.39 is 5.97 Å². The van der Waals surface area contributed by atoms with Crippen molar-refractivity contribution in [3.63, 3.8) is 0 Å². The molecule has 0 saturated carbocycles. The van der Waals surface area contributed by atoms with Crippen LogP contribution in [0.15, 0.2) is 17.1 Å². The quantitative estimate of drug-likeness (QED) is 0.290. The molecule has 0 aliphatic carbocycles. The Kier molecular flexibility index (Phi) is 5.85. The van der Waals surface area contributed by atoms with Gasteiger partial charge in [-0.2, -0.15) is 0 Å². The van der Waals surface area contributed by atoms with Crippen LogP contribution < -0.4 is 0 Å². The Balaban J connectivity index is 4.12. The fraction of sp³-hybridized carbons (Fsp3) is 0.600. The number of esters is 1. The molecule has 0 saturated heterocycles. The van der Waals surface area contributed by atoms with Crippen LogP contribution in [0.4, 0.5) is 0 Å². The first-order valence-electron chi connectivity index (χ1n) is 4.52. The number of aliphatic imine (C=N–C) groups is 1. The van der Waals surface area contributed by atoms with Crippen molar-refractivity contribution in [2.75, 3.05) is 6.54 Å². The molecule has 0 N–H and O–H groups in total. The highest BCUT2D eigenvalue weighted by Gasteiger charge is 2.06. The van der Waals surface area contributed by atoms with Gasteiger partial charge in [-0.25, -0.2) is 4.79 Å². The van der Waals surface area contributed by atoms with E-state index in [9.17, 15) is 4.79 Å². The van der Waals surface area contributed by atoms with E-state index in [2.05, 4.69) is 11.6 Å². The summed E-state index contributed by atoms with van der Waals surface area (Å²) in [5, 5.41) is 0. The lowest BCUT2D eigenvalue weighted by molar-refractivity contribution is -0.131. The van der Waals surface area contributed by atoms with Crippen LogP contribution in [0.2, 0.25) is 0 Å². The van der Waals surface area contributed by atoms with Crippen molar-refractivity contribution >= 4 is 11.9 Å². The van der Waals surface area contributed by atoms with Crippen LogP contribution in [0.5, 0.6) is 0 Å². The lowest BCUT2D eigenvalue weighted by atomic mass is 10.3. The van der Waals surface area contributed by atoms with E-state index >= 15 is 0 Å². The van der Waals surface area contributed by atoms with Gasteiger partial charge in [0.05, 0.1) is 0 Å². The number of nitrogens with zero attached hydrogens (tertiary/aromatic N) is 1. The summed E-state index contributed by atoms with van der Waals surface area (Å²) in [5.74, 6) is 0.103. The molecule has 3 heteroatoms. The normalized spacial score (nSPS) is 11.2. The molecule has 74 valence electrons. The van der Waals surface area contributed by atoms with Crippen LogP contribution in [0.25, 0.3) is 0 Å². The highest BCUT2D eigenvalue weighted by molar-refractivity contribution is 5.96. The minimum Gasteiger partial charge on any atom is -0.409 e. The summed E-state index contributed by atoms with van der Waals surface area (Å²) in [7, 11) is 0. The van der Waals surface area contributed by atoms with Crippen molar-refractivity contribution in [2.45, 2.75) is 33.6 Å². The highest BCUT2D eigenvalue weighted by atomic mass is 16.5. The Morgan fingerprint density at radius 3 is 2.46 bits per heavy atom. The minimum absolute atomic E-state index is 0.392. The van der Waals surface area contributed by atoms with Crippen LogP contribution in [-0.2, 0) is 9.53 Å². The van der Waals surface area contributed by atoms with Crippen LogP contribution in [0.1, 0.15) is 33.6 Å². The zero-order valence-corrected chi connectivity index (χ0v) is 8.59. The Morgan fingerprint density at radius 1 is 1.46 bits per heavy atom. The maximum Gasteiger partial charge on any atom is 0.339 e. The number of hydrogen-bond donors (Lipinski definition) is 0. The van der Waals surface area contributed by atoms with Gasteiger partial charge >= 0.3 is 5.97 Å². The van der Waals surface area contributed by atoms with Gasteiger partial charge in [0.15, 0.2) is 5.90 Å². The largest absolute Gasteiger partial charge is 0.409 e. The third kappa shape index (κ3) is 5.17. The Bertz CT molecular complexity index is 219. The topological polar surface area (TPSA) is 38.7 Å². The van der Waals surface area contributed by atoms with Crippen molar-refractivity contribution < 1.29 is 9.53 Å². The van der Waals surface area contributed by atoms with E-state index in [1.165, 1.54) is 0 Å². The molecule has 0 spiro atoms. The molecule has 0 unspecified atom stereocenters. The van der Waals surface area contributed by atoms with Crippen molar-refractivity contribution in [3.8, 4) is 0 Å². The molecule has 0 atom stereocenters. The average Bonchev–Trinajstić information content (AvgIpc) is 2.11. The van der Waals surface area contributed by atoms with Gasteiger partial charge in [0.1, 0.15) is 0 Å². The zero-order chi connectivity index (χ0) is 10.3. The summed E-state index contributed by atoms with van der Waals surface area (Å²) >= 11 is 0. The molecular weight excluding hydrogens is 166 g/mol. The maximum atomic E-state index is 11.1. The molecule has 0 aliphatic rings. The molecular formula is C10H17NO2. The van der Waals surface area contributed by atoms with Gasteiger partial charge in [0.2, 0.25) is 0 Å². The number of carbonyl (C=O) groups is 1. The first-order chi connectivity index (χ1) is 6.11. The molecule has 3 nitrogen and oxygen atoms in total. The van der Waals surface area contributed by atoms with Crippen LogP contribution in [0, 0.1) is 0 Å². The summed E-state index contributed by atoms with van der Waals surface area (Å²) in [5.41, 5.74) is 0.401. The Labute approximate surface area is 79.5 Å². The van der Waals surface area contributed by atoms with E-state index in [0.29, 0.717) is 24.4 Å². The molecule has 0 heterocycles. The highest BCUT2D eigenvalue weighted by Crippen LogP contribution is 1.97. The van der Waals surface area contributed by atoms with Gasteiger partial charge in [0, 0.05) is 18.5 Å². The second kappa shape index (κ2) is 6.40. The monoisotopic (exact) mass is 183 g/mol. The van der Waals surface area contributed by atoms with E-state index in [4.69, 9.17) is 4.74 Å². The molecule has 0 fully saturated rings. The smallest absolute Gasteiger partial charge is 0.339 e. The first kappa shape index (κ1) is 11.9. The molecule has 0 bridgehead atoms. The molecule has 0 aliphatic heterocycles. The molecule has 0 radical (unpaired) electrons. The van der Waals surface area contributed by atoms with Crippen molar-refractivity contribution in [1.82, 2.24) is 0 Å². The molecule has 0 aromatic carbocycles. The van der Waals surface area contributed by atoms with Crippen molar-refractivity contribution in [3.05, 3.63) is 12.2 Å². The Morgan fingerprint density at radius 2 is 2.08 bits per heavy atom. The third-order valence-corrected chi connectivity index (χ3v) is 1.37. The summed E-state index contributed by atoms with van der Waals surface area (Å²) in [6.45, 7) is 9.74. The van der Waals surface area contributed by atoms with Gasteiger partial charge < -0.3 is 4.74 Å². The fourth-order valence-corrected chi connectivity index (χ4v) is 0.647. The Hall–Kier alpha value is -1.12. The minimum atomic E-state index is -0.392. The van der Waals surface area contributed by atoms with Crippen molar-refractivity contribution in [1.29, 1.82) is 0 Å². The summed E-state index contributed by atoms with van der Waals surface area (Å²) in [4.78, 5) is 15.2. The lowest BCUT2D eigenvalue weighted by Crippen LogP contribution is -2.12. The van der Waals surface area contributed by atoms with E-state index in [-0.39, 0.29) is 0 Å². The second-order valence-corrected chi connectivity index (χ2v) is 2.80. The standard InChI is InChI=1S/C10H17NO2/c1-5-7-11-9(6-2)13-10(12)8(3)4/h3,5-7H2,1-2,4H3. The van der Waals surface area contributed by atoms with Gasteiger partial charge in [0.25, 0.3) is 0 Å². The molecule has 13 heavy (non-hydrogen) atoms. The van der Waals surface area contributed by atoms with Crippen LogP contribution in [0.3, 0.4) is 0 Å². The number of rotatable bonds is 4. The van der Waals surface area contributed by atoms with E-state index in [1.807, 2.05) is 13.8 Å². The number of hydrogen-bond acceptors (Lipinski definition) is 3. The molecule has 0 aromatic heterocycles. The zero-order valence-electron chi connectivity index (χ0n) is 8.59. The molecule has 0 rings (SSSR count). The maximum absolute atomic E-state index is 11.1. The number of ether oxygens (including phenoxy) is 1. The number of carbonyl (C=O) groups excluding carboxylic acids is 1. The summed E-state index contributed by atoms with van der Waals surface area (Å²) < 4.78 is 4.97. The third-order valence-electron chi connectivity index (χ3n) is 1.37. The van der Waals surface area contributed by atoms with Gasteiger partial charge in [-0.15, -0.1) is 0 Å². The predicted molar refractivity (Wildman–Crippen MR) is 53.8 cm³/mol.